The molecule has 0 aliphatic rings. The van der Waals surface area contributed by atoms with Crippen LogP contribution in [0.2, 0.25) is 0 Å². The molecule has 0 atom stereocenters. The van der Waals surface area contributed by atoms with Crippen LogP contribution >= 0.6 is 17.7 Å². The SMILES string of the molecule is COc1cc(OC)cc(SP(=O)(c2ccccc2)c2ccccc2)c1. The highest BCUT2D eigenvalue weighted by molar-refractivity contribution is 8.62. The summed E-state index contributed by atoms with van der Waals surface area (Å²) in [4.78, 5) is 0.840. The summed E-state index contributed by atoms with van der Waals surface area (Å²) in [6, 6.07) is 24.7. The predicted octanol–water partition coefficient (Wildman–Crippen LogP) is 4.73. The maximum Gasteiger partial charge on any atom is 0.199 e. The second kappa shape index (κ2) is 7.81. The Labute approximate surface area is 152 Å². The molecule has 5 heteroatoms. The number of methoxy groups -OCH3 is 2. The smallest absolute Gasteiger partial charge is 0.199 e. The van der Waals surface area contributed by atoms with E-state index in [1.165, 1.54) is 11.4 Å². The second-order valence-corrected chi connectivity index (χ2v) is 10.2. The number of hydrogen-bond donors (Lipinski definition) is 0. The highest BCUT2D eigenvalue weighted by Gasteiger charge is 2.29. The van der Waals surface area contributed by atoms with Crippen LogP contribution in [0.25, 0.3) is 0 Å². The van der Waals surface area contributed by atoms with Crippen molar-refractivity contribution in [2.24, 2.45) is 0 Å². The summed E-state index contributed by atoms with van der Waals surface area (Å²) in [6.45, 7) is 0. The quantitative estimate of drug-likeness (QED) is 0.588. The molecule has 0 N–H and O–H groups in total. The van der Waals surface area contributed by atoms with E-state index in [9.17, 15) is 4.57 Å². The molecule has 0 aliphatic heterocycles. The molecule has 0 amide bonds. The minimum absolute atomic E-state index is 0.675. The molecule has 0 bridgehead atoms. The maximum atomic E-state index is 14.1. The van der Waals surface area contributed by atoms with Crippen molar-refractivity contribution in [3.05, 3.63) is 78.9 Å². The molecule has 0 aliphatic carbocycles. The monoisotopic (exact) mass is 370 g/mol. The molecule has 3 nitrogen and oxygen atoms in total. The minimum Gasteiger partial charge on any atom is -0.497 e. The van der Waals surface area contributed by atoms with E-state index in [1.807, 2.05) is 72.8 Å². The van der Waals surface area contributed by atoms with Crippen molar-refractivity contribution < 1.29 is 14.0 Å². The number of hydrogen-bond acceptors (Lipinski definition) is 4. The first kappa shape index (κ1) is 17.7. The Morgan fingerprint density at radius 3 is 1.56 bits per heavy atom. The van der Waals surface area contributed by atoms with Crippen LogP contribution in [0.1, 0.15) is 0 Å². The van der Waals surface area contributed by atoms with E-state index in [4.69, 9.17) is 9.47 Å². The fraction of sp³-hybridized carbons (Fsp3) is 0.100. The largest absolute Gasteiger partial charge is 0.497 e. The van der Waals surface area contributed by atoms with E-state index < -0.39 is 6.34 Å². The lowest BCUT2D eigenvalue weighted by atomic mass is 10.3. The standard InChI is InChI=1S/C20H19O3PS/c1-22-16-13-17(23-2)15-20(14-16)25-24(21,18-9-5-3-6-10-18)19-11-7-4-8-12-19/h3-15H,1-2H3. The van der Waals surface area contributed by atoms with Gasteiger partial charge in [-0.05, 0) is 12.1 Å². The van der Waals surface area contributed by atoms with Crippen molar-refractivity contribution in [2.75, 3.05) is 14.2 Å². The average molecular weight is 370 g/mol. The Bertz CT molecular complexity index is 816. The van der Waals surface area contributed by atoms with Gasteiger partial charge in [0.1, 0.15) is 11.5 Å². The van der Waals surface area contributed by atoms with Gasteiger partial charge in [0.15, 0.2) is 6.34 Å². The number of benzene rings is 3. The van der Waals surface area contributed by atoms with Crippen LogP contribution in [0, 0.1) is 0 Å². The zero-order valence-electron chi connectivity index (χ0n) is 14.1. The first-order chi connectivity index (χ1) is 12.2. The summed E-state index contributed by atoms with van der Waals surface area (Å²) in [7, 11) is 3.22. The average Bonchev–Trinajstić information content (AvgIpc) is 2.68. The van der Waals surface area contributed by atoms with Crippen molar-refractivity contribution in [2.45, 2.75) is 4.90 Å². The topological polar surface area (TPSA) is 35.5 Å². The highest BCUT2D eigenvalue weighted by Crippen LogP contribution is 2.60. The van der Waals surface area contributed by atoms with Crippen molar-refractivity contribution in [1.29, 1.82) is 0 Å². The van der Waals surface area contributed by atoms with Gasteiger partial charge < -0.3 is 14.0 Å². The molecular formula is C20H19O3PS. The third-order valence-electron chi connectivity index (χ3n) is 3.75. The lowest BCUT2D eigenvalue weighted by Crippen LogP contribution is -2.13. The molecule has 0 aromatic heterocycles. The van der Waals surface area contributed by atoms with Gasteiger partial charge >= 0.3 is 0 Å². The summed E-state index contributed by atoms with van der Waals surface area (Å²) in [5.41, 5.74) is 0. The van der Waals surface area contributed by atoms with E-state index in [1.54, 1.807) is 20.3 Å². The Morgan fingerprint density at radius 1 is 0.720 bits per heavy atom. The van der Waals surface area contributed by atoms with Gasteiger partial charge in [0.2, 0.25) is 0 Å². The van der Waals surface area contributed by atoms with Crippen LogP contribution in [-0.2, 0) is 4.57 Å². The van der Waals surface area contributed by atoms with Crippen molar-refractivity contribution >= 4 is 28.3 Å². The van der Waals surface area contributed by atoms with Crippen molar-refractivity contribution in [3.63, 3.8) is 0 Å². The first-order valence-corrected chi connectivity index (χ1v) is 10.9. The van der Waals surface area contributed by atoms with Gasteiger partial charge in [-0.15, -0.1) is 0 Å². The van der Waals surface area contributed by atoms with Gasteiger partial charge in [-0.25, -0.2) is 0 Å². The van der Waals surface area contributed by atoms with Gasteiger partial charge in [-0.1, -0.05) is 72.0 Å². The summed E-state index contributed by atoms with van der Waals surface area (Å²) < 4.78 is 24.7. The van der Waals surface area contributed by atoms with Crippen molar-refractivity contribution in [1.82, 2.24) is 0 Å². The van der Waals surface area contributed by atoms with Crippen LogP contribution in [0.3, 0.4) is 0 Å². The Hall–Kier alpha value is -2.16. The van der Waals surface area contributed by atoms with Gasteiger partial charge in [-0.2, -0.15) is 0 Å². The molecule has 0 saturated heterocycles. The van der Waals surface area contributed by atoms with Crippen LogP contribution in [0.4, 0.5) is 0 Å². The molecule has 0 radical (unpaired) electrons. The molecular weight excluding hydrogens is 351 g/mol. The normalized spacial score (nSPS) is 11.1. The number of ether oxygens (including phenoxy) is 2. The van der Waals surface area contributed by atoms with Crippen LogP contribution < -0.4 is 20.1 Å². The van der Waals surface area contributed by atoms with E-state index >= 15 is 0 Å². The summed E-state index contributed by atoms with van der Waals surface area (Å²) in [5, 5.41) is 1.63. The van der Waals surface area contributed by atoms with E-state index in [-0.39, 0.29) is 0 Å². The molecule has 128 valence electrons. The molecule has 0 unspecified atom stereocenters. The van der Waals surface area contributed by atoms with Gasteiger partial charge in [0.05, 0.1) is 14.2 Å². The Kier molecular flexibility index (Phi) is 5.52. The third kappa shape index (κ3) is 3.92. The number of rotatable bonds is 6. The Balaban J connectivity index is 2.10. The second-order valence-electron chi connectivity index (χ2n) is 5.36. The summed E-state index contributed by atoms with van der Waals surface area (Å²) in [5.74, 6) is 1.35. The molecule has 3 aromatic carbocycles. The molecule has 25 heavy (non-hydrogen) atoms. The molecule has 3 aromatic rings. The zero-order valence-corrected chi connectivity index (χ0v) is 15.8. The fourth-order valence-corrected chi connectivity index (χ4v) is 7.33. The third-order valence-corrected chi connectivity index (χ3v) is 9.08. The van der Waals surface area contributed by atoms with Crippen LogP contribution in [-0.4, -0.2) is 14.2 Å². The zero-order chi connectivity index (χ0) is 17.7. The molecule has 0 spiro atoms. The molecule has 0 fully saturated rings. The Morgan fingerprint density at radius 2 is 1.16 bits per heavy atom. The van der Waals surface area contributed by atoms with Gasteiger partial charge in [0, 0.05) is 21.6 Å². The molecule has 3 rings (SSSR count). The van der Waals surface area contributed by atoms with Crippen LogP contribution in [0.5, 0.6) is 11.5 Å². The summed E-state index contributed by atoms with van der Waals surface area (Å²) >= 11 is 1.35. The lowest BCUT2D eigenvalue weighted by molar-refractivity contribution is 0.392. The first-order valence-electron chi connectivity index (χ1n) is 7.79. The summed E-state index contributed by atoms with van der Waals surface area (Å²) in [6.07, 6.45) is -2.90. The van der Waals surface area contributed by atoms with E-state index in [2.05, 4.69) is 0 Å². The highest BCUT2D eigenvalue weighted by atomic mass is 32.7. The predicted molar refractivity (Wildman–Crippen MR) is 105 cm³/mol. The maximum absolute atomic E-state index is 14.1. The van der Waals surface area contributed by atoms with Gasteiger partial charge in [-0.3, -0.25) is 0 Å². The van der Waals surface area contributed by atoms with Crippen molar-refractivity contribution in [3.8, 4) is 11.5 Å². The lowest BCUT2D eigenvalue weighted by Gasteiger charge is -2.19. The minimum atomic E-state index is -2.90. The van der Waals surface area contributed by atoms with E-state index in [0.717, 1.165) is 15.5 Å². The molecule has 0 saturated carbocycles. The molecule has 0 heterocycles. The van der Waals surface area contributed by atoms with E-state index in [0.29, 0.717) is 11.5 Å². The van der Waals surface area contributed by atoms with Crippen LogP contribution in [0.15, 0.2) is 83.8 Å². The van der Waals surface area contributed by atoms with Gasteiger partial charge in [0.25, 0.3) is 0 Å². The fourth-order valence-electron chi connectivity index (χ4n) is 2.49.